The van der Waals surface area contributed by atoms with Gasteiger partial charge < -0.3 is 24.1 Å². The van der Waals surface area contributed by atoms with Crippen LogP contribution in [0, 0.1) is 0 Å². The van der Waals surface area contributed by atoms with Gasteiger partial charge in [0.25, 0.3) is 5.91 Å². The number of aromatic nitrogens is 1. The normalized spacial score (nSPS) is 10.9. The maximum atomic E-state index is 13.4. The second-order valence-electron chi connectivity index (χ2n) is 9.95. The summed E-state index contributed by atoms with van der Waals surface area (Å²) < 4.78 is 16.0. The van der Waals surface area contributed by atoms with Gasteiger partial charge in [-0.15, -0.1) is 0 Å². The fourth-order valence-electron chi connectivity index (χ4n) is 4.62. The number of nitrogens with one attached hydrogen (secondary N) is 2. The molecule has 0 radical (unpaired) electrons. The number of esters is 2. The quantitative estimate of drug-likeness (QED) is 0.0960. The lowest BCUT2D eigenvalue weighted by molar-refractivity contribution is -0.132. The molecule has 0 saturated heterocycles. The molecule has 0 atom stereocenters. The van der Waals surface area contributed by atoms with Gasteiger partial charge in [0.2, 0.25) is 0 Å². The summed E-state index contributed by atoms with van der Waals surface area (Å²) in [6.07, 6.45) is 1.40. The standard InChI is InChI=1S/C34H30N4O6/c1-21(39)43-29-17-14-23(18-30(29)42-4)34(41)44-28-13-9-8-12-24(28)20-35-37-33(40)32-31(22-10-6-5-7-11-22)26-19-25(38(2)3)15-16-27(26)36-32/h5-20,36H,1-4H3,(H,37,40). The van der Waals surface area contributed by atoms with E-state index in [4.69, 9.17) is 14.2 Å². The molecule has 44 heavy (non-hydrogen) atoms. The minimum absolute atomic E-state index is 0.183. The molecule has 222 valence electrons. The van der Waals surface area contributed by atoms with E-state index in [9.17, 15) is 14.4 Å². The van der Waals surface area contributed by atoms with E-state index < -0.39 is 17.8 Å². The van der Waals surface area contributed by atoms with Crippen LogP contribution in [0.5, 0.6) is 17.2 Å². The number of para-hydroxylation sites is 1. The van der Waals surface area contributed by atoms with Crippen molar-refractivity contribution in [1.29, 1.82) is 0 Å². The van der Waals surface area contributed by atoms with Gasteiger partial charge in [-0.3, -0.25) is 9.59 Å². The van der Waals surface area contributed by atoms with Crippen molar-refractivity contribution >= 4 is 40.7 Å². The summed E-state index contributed by atoms with van der Waals surface area (Å²) in [6.45, 7) is 1.27. The van der Waals surface area contributed by atoms with Gasteiger partial charge in [-0.1, -0.05) is 42.5 Å². The van der Waals surface area contributed by atoms with Gasteiger partial charge in [0, 0.05) is 48.7 Å². The lowest BCUT2D eigenvalue weighted by atomic mass is 10.0. The molecule has 0 aliphatic heterocycles. The minimum atomic E-state index is -0.662. The van der Waals surface area contributed by atoms with Gasteiger partial charge >= 0.3 is 11.9 Å². The van der Waals surface area contributed by atoms with Crippen molar-refractivity contribution < 1.29 is 28.6 Å². The molecule has 0 spiro atoms. The number of hydrogen-bond donors (Lipinski definition) is 2. The molecule has 4 aromatic carbocycles. The third-order valence-corrected chi connectivity index (χ3v) is 6.73. The Bertz CT molecular complexity index is 1880. The van der Waals surface area contributed by atoms with Crippen LogP contribution >= 0.6 is 0 Å². The second kappa shape index (κ2) is 13.0. The summed E-state index contributed by atoms with van der Waals surface area (Å²) >= 11 is 0. The van der Waals surface area contributed by atoms with E-state index >= 15 is 0 Å². The fraction of sp³-hybridized carbons (Fsp3) is 0.118. The maximum absolute atomic E-state index is 13.4. The molecule has 1 amide bonds. The Labute approximate surface area is 253 Å². The molecule has 0 fully saturated rings. The van der Waals surface area contributed by atoms with Crippen LogP contribution in [0.25, 0.3) is 22.0 Å². The molecular weight excluding hydrogens is 560 g/mol. The number of fused-ring (bicyclic) bond motifs is 1. The Morgan fingerprint density at radius 2 is 1.59 bits per heavy atom. The van der Waals surface area contributed by atoms with Gasteiger partial charge in [-0.25, -0.2) is 10.2 Å². The van der Waals surface area contributed by atoms with Gasteiger partial charge in [-0.05, 0) is 54.1 Å². The Morgan fingerprint density at radius 3 is 2.32 bits per heavy atom. The Hall–Kier alpha value is -5.90. The van der Waals surface area contributed by atoms with E-state index in [2.05, 4.69) is 15.5 Å². The highest BCUT2D eigenvalue weighted by Gasteiger charge is 2.20. The molecule has 0 aliphatic rings. The second-order valence-corrected chi connectivity index (χ2v) is 9.95. The van der Waals surface area contributed by atoms with Crippen molar-refractivity contribution in [3.05, 3.63) is 108 Å². The first-order valence-electron chi connectivity index (χ1n) is 13.6. The van der Waals surface area contributed by atoms with E-state index in [1.54, 1.807) is 24.3 Å². The van der Waals surface area contributed by atoms with E-state index in [1.165, 1.54) is 38.4 Å². The monoisotopic (exact) mass is 590 g/mol. The van der Waals surface area contributed by atoms with Gasteiger partial charge in [0.15, 0.2) is 11.5 Å². The number of carbonyl (C=O) groups excluding carboxylic acids is 3. The molecule has 0 aliphatic carbocycles. The van der Waals surface area contributed by atoms with Crippen LogP contribution in [-0.2, 0) is 4.79 Å². The van der Waals surface area contributed by atoms with Gasteiger partial charge in [-0.2, -0.15) is 5.10 Å². The van der Waals surface area contributed by atoms with Crippen molar-refractivity contribution in [1.82, 2.24) is 10.4 Å². The molecule has 1 aromatic heterocycles. The predicted molar refractivity (Wildman–Crippen MR) is 169 cm³/mol. The first-order valence-corrected chi connectivity index (χ1v) is 13.6. The third-order valence-electron chi connectivity index (χ3n) is 6.73. The molecule has 0 bridgehead atoms. The molecule has 1 heterocycles. The maximum Gasteiger partial charge on any atom is 0.343 e. The van der Waals surface area contributed by atoms with Crippen molar-refractivity contribution in [2.24, 2.45) is 5.10 Å². The molecule has 5 aromatic rings. The van der Waals surface area contributed by atoms with E-state index in [0.717, 1.165) is 27.7 Å². The molecule has 0 unspecified atom stereocenters. The minimum Gasteiger partial charge on any atom is -0.493 e. The van der Waals surface area contributed by atoms with Crippen molar-refractivity contribution in [2.45, 2.75) is 6.92 Å². The average molecular weight is 591 g/mol. The summed E-state index contributed by atoms with van der Waals surface area (Å²) in [4.78, 5) is 43.0. The number of ether oxygens (including phenoxy) is 3. The summed E-state index contributed by atoms with van der Waals surface area (Å²) in [5.74, 6) is -0.994. The fourth-order valence-corrected chi connectivity index (χ4v) is 4.62. The van der Waals surface area contributed by atoms with Crippen LogP contribution < -0.4 is 24.5 Å². The van der Waals surface area contributed by atoms with E-state index in [-0.39, 0.29) is 22.8 Å². The summed E-state index contributed by atoms with van der Waals surface area (Å²) in [5.41, 5.74) is 7.08. The number of hydrazone groups is 1. The van der Waals surface area contributed by atoms with Crippen LogP contribution in [0.2, 0.25) is 0 Å². The highest BCUT2D eigenvalue weighted by molar-refractivity contribution is 6.10. The Morgan fingerprint density at radius 1 is 0.841 bits per heavy atom. The van der Waals surface area contributed by atoms with Crippen LogP contribution in [0.4, 0.5) is 5.69 Å². The van der Waals surface area contributed by atoms with Crippen LogP contribution in [0.15, 0.2) is 96.1 Å². The number of amides is 1. The largest absolute Gasteiger partial charge is 0.493 e. The number of anilines is 1. The summed E-state index contributed by atoms with van der Waals surface area (Å²) in [5, 5.41) is 5.07. The number of benzene rings is 4. The molecule has 10 heteroatoms. The van der Waals surface area contributed by atoms with E-state index in [1.807, 2.05) is 67.5 Å². The molecule has 0 saturated carbocycles. The predicted octanol–water partition coefficient (Wildman–Crippen LogP) is 5.82. The number of carbonyl (C=O) groups is 3. The first-order chi connectivity index (χ1) is 21.2. The zero-order valence-electron chi connectivity index (χ0n) is 24.6. The van der Waals surface area contributed by atoms with Crippen LogP contribution in [0.3, 0.4) is 0 Å². The van der Waals surface area contributed by atoms with Crippen LogP contribution in [-0.4, -0.2) is 50.2 Å². The number of hydrogen-bond acceptors (Lipinski definition) is 8. The summed E-state index contributed by atoms with van der Waals surface area (Å²) in [6, 6.07) is 26.8. The smallest absolute Gasteiger partial charge is 0.343 e. The lowest BCUT2D eigenvalue weighted by Crippen LogP contribution is -2.19. The average Bonchev–Trinajstić information content (AvgIpc) is 3.41. The van der Waals surface area contributed by atoms with Crippen molar-refractivity contribution in [2.75, 3.05) is 26.1 Å². The highest BCUT2D eigenvalue weighted by atomic mass is 16.6. The Balaban J connectivity index is 1.37. The van der Waals surface area contributed by atoms with Crippen molar-refractivity contribution in [3.63, 3.8) is 0 Å². The van der Waals surface area contributed by atoms with Gasteiger partial charge in [0.1, 0.15) is 11.4 Å². The lowest BCUT2D eigenvalue weighted by Gasteiger charge is -2.12. The van der Waals surface area contributed by atoms with E-state index in [0.29, 0.717) is 11.3 Å². The van der Waals surface area contributed by atoms with Crippen molar-refractivity contribution in [3.8, 4) is 28.4 Å². The Kier molecular flexibility index (Phi) is 8.71. The number of aromatic amines is 1. The zero-order chi connectivity index (χ0) is 31.2. The molecule has 10 nitrogen and oxygen atoms in total. The zero-order valence-corrected chi connectivity index (χ0v) is 24.6. The number of rotatable bonds is 9. The number of nitrogens with zero attached hydrogens (tertiary/aromatic N) is 2. The SMILES string of the molecule is COc1cc(C(=O)Oc2ccccc2C=NNC(=O)c2[nH]c3ccc(N(C)C)cc3c2-c2ccccc2)ccc1OC(C)=O. The first kappa shape index (κ1) is 29.6. The summed E-state index contributed by atoms with van der Waals surface area (Å²) in [7, 11) is 5.33. The van der Waals surface area contributed by atoms with Crippen LogP contribution in [0.1, 0.15) is 33.3 Å². The molecule has 2 N–H and O–H groups in total. The van der Waals surface area contributed by atoms with Gasteiger partial charge in [0.05, 0.1) is 18.9 Å². The molecular formula is C34H30N4O6. The number of methoxy groups -OCH3 is 1. The highest BCUT2D eigenvalue weighted by Crippen LogP contribution is 2.35. The topological polar surface area (TPSA) is 122 Å². The third kappa shape index (κ3) is 6.44. The number of H-pyrrole nitrogens is 1. The molecule has 5 rings (SSSR count).